The lowest BCUT2D eigenvalue weighted by Crippen LogP contribution is -2.27. The lowest BCUT2D eigenvalue weighted by atomic mass is 9.93. The molecule has 278 valence electrons. The first kappa shape index (κ1) is 35.1. The lowest BCUT2D eigenvalue weighted by Gasteiger charge is -2.32. The van der Waals surface area contributed by atoms with Gasteiger partial charge in [0.1, 0.15) is 11.6 Å². The first-order chi connectivity index (χ1) is 26.6. The van der Waals surface area contributed by atoms with Gasteiger partial charge in [0.15, 0.2) is 23.0 Å². The van der Waals surface area contributed by atoms with Crippen LogP contribution in [-0.4, -0.2) is 64.6 Å². The van der Waals surface area contributed by atoms with Crippen LogP contribution >= 0.6 is 0 Å². The minimum absolute atomic E-state index is 0.247. The molecule has 2 aliphatic heterocycles. The van der Waals surface area contributed by atoms with E-state index in [0.717, 1.165) is 108 Å². The third-order valence-corrected chi connectivity index (χ3v) is 10.7. The Kier molecular flexibility index (Phi) is 10.2. The maximum absolute atomic E-state index is 5.73. The molecule has 10 heteroatoms. The zero-order valence-electron chi connectivity index (χ0n) is 31.5. The second-order valence-corrected chi connectivity index (χ2v) is 14.0. The quantitative estimate of drug-likeness (QED) is 0.120. The molecule has 4 heterocycles. The van der Waals surface area contributed by atoms with E-state index in [-0.39, 0.29) is 12.1 Å². The predicted molar refractivity (Wildman–Crippen MR) is 218 cm³/mol. The summed E-state index contributed by atoms with van der Waals surface area (Å²) in [7, 11) is 6.68. The second kappa shape index (κ2) is 15.6. The highest BCUT2D eigenvalue weighted by Crippen LogP contribution is 2.42. The van der Waals surface area contributed by atoms with Crippen molar-refractivity contribution in [1.29, 1.82) is 0 Å². The smallest absolute Gasteiger partial charge is 0.162 e. The van der Waals surface area contributed by atoms with Gasteiger partial charge in [-0.05, 0) is 48.9 Å². The minimum atomic E-state index is -0.247. The van der Waals surface area contributed by atoms with Crippen molar-refractivity contribution in [3.63, 3.8) is 0 Å². The Morgan fingerprint density at radius 1 is 0.481 bits per heavy atom. The number of benzene rings is 4. The Morgan fingerprint density at radius 2 is 0.833 bits per heavy atom. The van der Waals surface area contributed by atoms with E-state index in [1.807, 2.05) is 12.1 Å². The van der Waals surface area contributed by atoms with Crippen LogP contribution in [0.4, 0.5) is 23.0 Å². The van der Waals surface area contributed by atoms with E-state index in [1.165, 1.54) is 0 Å². The fourth-order valence-electron chi connectivity index (χ4n) is 8.02. The van der Waals surface area contributed by atoms with Crippen LogP contribution in [0.3, 0.4) is 0 Å². The summed E-state index contributed by atoms with van der Waals surface area (Å²) in [5, 5.41) is 9.93. The van der Waals surface area contributed by atoms with Gasteiger partial charge in [0.05, 0.1) is 51.6 Å². The third kappa shape index (κ3) is 6.96. The summed E-state index contributed by atoms with van der Waals surface area (Å²) in [5.74, 6) is 4.22. The summed E-state index contributed by atoms with van der Waals surface area (Å²) >= 11 is 0. The van der Waals surface area contributed by atoms with Gasteiger partial charge in [-0.1, -0.05) is 60.7 Å². The van der Waals surface area contributed by atoms with E-state index in [0.29, 0.717) is 23.0 Å². The Labute approximate surface area is 317 Å². The molecule has 10 nitrogen and oxygen atoms in total. The third-order valence-electron chi connectivity index (χ3n) is 10.7. The first-order valence-electron chi connectivity index (χ1n) is 18.8. The fourth-order valence-corrected chi connectivity index (χ4v) is 8.02. The highest BCUT2D eigenvalue weighted by atomic mass is 16.5. The number of nitrogens with zero attached hydrogens (tertiary/aromatic N) is 4. The number of aromatic nitrogens is 2. The molecule has 2 fully saturated rings. The molecule has 0 radical (unpaired) electrons. The zero-order valence-corrected chi connectivity index (χ0v) is 31.5. The van der Waals surface area contributed by atoms with Crippen molar-refractivity contribution in [3.05, 3.63) is 108 Å². The number of methoxy groups -OCH3 is 4. The molecule has 0 aliphatic carbocycles. The van der Waals surface area contributed by atoms with Crippen LogP contribution in [0.5, 0.6) is 23.0 Å². The second-order valence-electron chi connectivity index (χ2n) is 14.0. The lowest BCUT2D eigenvalue weighted by molar-refractivity contribution is 0.356. The highest BCUT2D eigenvalue weighted by molar-refractivity contribution is 5.97. The summed E-state index contributed by atoms with van der Waals surface area (Å²) in [6.45, 7) is 3.97. The van der Waals surface area contributed by atoms with E-state index in [9.17, 15) is 0 Å². The van der Waals surface area contributed by atoms with E-state index in [2.05, 4.69) is 105 Å². The first-order valence-corrected chi connectivity index (χ1v) is 18.8. The molecule has 4 aromatic carbocycles. The maximum Gasteiger partial charge on any atom is 0.162 e. The van der Waals surface area contributed by atoms with Gasteiger partial charge in [-0.2, -0.15) is 0 Å². The van der Waals surface area contributed by atoms with E-state index < -0.39 is 0 Å². The van der Waals surface area contributed by atoms with Crippen LogP contribution in [0.1, 0.15) is 48.9 Å². The molecule has 0 bridgehead atoms. The van der Waals surface area contributed by atoms with E-state index in [4.69, 9.17) is 28.9 Å². The van der Waals surface area contributed by atoms with Crippen molar-refractivity contribution in [2.24, 2.45) is 0 Å². The van der Waals surface area contributed by atoms with E-state index in [1.54, 1.807) is 28.4 Å². The van der Waals surface area contributed by atoms with Gasteiger partial charge in [-0.15, -0.1) is 0 Å². The number of hydrogen-bond acceptors (Lipinski definition) is 10. The Hall–Kier alpha value is -5.90. The van der Waals surface area contributed by atoms with Gasteiger partial charge in [0.2, 0.25) is 0 Å². The SMILES string of the molecule is COc1cc2nc(N[C@H](c3ccccc3)[C@H](Nc3cc(N4CCCC4)c4cc(OC)c(OC)cc4n3)c3ccccc3)cc(N3CCCC3)c2cc1OC. The van der Waals surface area contributed by atoms with Crippen LogP contribution in [-0.2, 0) is 0 Å². The summed E-state index contributed by atoms with van der Waals surface area (Å²) in [5.41, 5.74) is 6.17. The van der Waals surface area contributed by atoms with Gasteiger partial charge in [0, 0.05) is 72.6 Å². The number of ether oxygens (including phenoxy) is 4. The number of pyridine rings is 2. The number of fused-ring (bicyclic) bond motifs is 2. The van der Waals surface area contributed by atoms with Crippen LogP contribution in [0.15, 0.2) is 97.1 Å². The monoisotopic (exact) mass is 724 g/mol. The molecule has 54 heavy (non-hydrogen) atoms. The maximum atomic E-state index is 5.73. The number of nitrogens with one attached hydrogen (secondary N) is 2. The van der Waals surface area contributed by atoms with Crippen LogP contribution < -0.4 is 39.4 Å². The number of anilines is 4. The topological polar surface area (TPSA) is 93.2 Å². The average Bonchev–Trinajstić information content (AvgIpc) is 3.97. The summed E-state index contributed by atoms with van der Waals surface area (Å²) in [4.78, 5) is 15.4. The predicted octanol–water partition coefficient (Wildman–Crippen LogP) is 9.02. The summed E-state index contributed by atoms with van der Waals surface area (Å²) < 4.78 is 22.9. The molecule has 0 saturated carbocycles. The van der Waals surface area contributed by atoms with Gasteiger partial charge in [-0.3, -0.25) is 0 Å². The van der Waals surface area contributed by atoms with Crippen molar-refractivity contribution in [2.75, 3.05) is 75.1 Å². The van der Waals surface area contributed by atoms with Crippen molar-refractivity contribution in [3.8, 4) is 23.0 Å². The molecule has 0 spiro atoms. The standard InChI is InChI=1S/C44H48N6O4/c1-51-37-23-31-33(25-39(37)53-3)45-41(27-35(31)49-19-11-12-20-49)47-43(29-15-7-5-8-16-29)44(30-17-9-6-10-18-30)48-42-28-36(50-21-13-14-22-50)32-24-38(52-2)40(54-4)26-34(32)46-42/h5-10,15-18,23-28,43-44H,11-14,19-22H2,1-4H3,(H,45,47)(H,46,48)/t43-,44-/m1/s1. The van der Waals surface area contributed by atoms with Crippen LogP contribution in [0.2, 0.25) is 0 Å². The average molecular weight is 725 g/mol. The molecule has 0 amide bonds. The van der Waals surface area contributed by atoms with Crippen LogP contribution in [0, 0.1) is 0 Å². The minimum Gasteiger partial charge on any atom is -0.493 e. The normalized spacial score (nSPS) is 15.3. The summed E-state index contributed by atoms with van der Waals surface area (Å²) in [6, 6.07) is 33.1. The summed E-state index contributed by atoms with van der Waals surface area (Å²) in [6.07, 6.45) is 4.62. The zero-order chi connectivity index (χ0) is 37.0. The van der Waals surface area contributed by atoms with Crippen molar-refractivity contribution >= 4 is 44.8 Å². The van der Waals surface area contributed by atoms with E-state index >= 15 is 0 Å². The molecule has 0 unspecified atom stereocenters. The number of rotatable bonds is 13. The van der Waals surface area contributed by atoms with Gasteiger partial charge in [-0.25, -0.2) is 9.97 Å². The van der Waals surface area contributed by atoms with Crippen LogP contribution in [0.25, 0.3) is 21.8 Å². The largest absolute Gasteiger partial charge is 0.493 e. The number of hydrogen-bond donors (Lipinski definition) is 2. The fraction of sp³-hybridized carbons (Fsp3) is 0.318. The van der Waals surface area contributed by atoms with Gasteiger partial charge < -0.3 is 39.4 Å². The van der Waals surface area contributed by atoms with Gasteiger partial charge in [0.25, 0.3) is 0 Å². The molecule has 2 aliphatic rings. The van der Waals surface area contributed by atoms with Crippen molar-refractivity contribution < 1.29 is 18.9 Å². The van der Waals surface area contributed by atoms with Crippen molar-refractivity contribution in [2.45, 2.75) is 37.8 Å². The Balaban J connectivity index is 1.27. The molecule has 2 saturated heterocycles. The molecule has 2 N–H and O–H groups in total. The molecular formula is C44H48N6O4. The van der Waals surface area contributed by atoms with Gasteiger partial charge >= 0.3 is 0 Å². The molecule has 2 atom stereocenters. The molecule has 8 rings (SSSR count). The van der Waals surface area contributed by atoms with Crippen molar-refractivity contribution in [1.82, 2.24) is 9.97 Å². The Bertz CT molecular complexity index is 2060. The highest BCUT2D eigenvalue weighted by Gasteiger charge is 2.29. The molecule has 6 aromatic rings. The molecule has 2 aromatic heterocycles. The molecular weight excluding hydrogens is 677 g/mol. The Morgan fingerprint density at radius 3 is 1.19 bits per heavy atom.